The summed E-state index contributed by atoms with van der Waals surface area (Å²) in [7, 11) is 1.85. The average molecular weight is 236 g/mol. The number of likely N-dealkylation sites (N-methyl/N-ethyl adjacent to an activating group) is 1. The van der Waals surface area contributed by atoms with Gasteiger partial charge in [-0.15, -0.1) is 11.8 Å². The normalized spacial score (nSPS) is 20.2. The van der Waals surface area contributed by atoms with E-state index < -0.39 is 0 Å². The standard InChI is InChI=1S/C12H16N2OS/c1-14-8-7-10(12(14)15)13-9-5-3-4-6-11(9)16-2/h3-6,10,13H,7-8H2,1-2H3. The molecule has 1 aromatic rings. The molecular formula is C12H16N2OS. The van der Waals surface area contributed by atoms with Crippen LogP contribution in [0.5, 0.6) is 0 Å². The van der Waals surface area contributed by atoms with Crippen molar-refractivity contribution in [3.63, 3.8) is 0 Å². The summed E-state index contributed by atoms with van der Waals surface area (Å²) >= 11 is 1.69. The van der Waals surface area contributed by atoms with E-state index in [1.807, 2.05) is 31.5 Å². The number of carbonyl (C=O) groups excluding carboxylic acids is 1. The molecule has 1 fully saturated rings. The van der Waals surface area contributed by atoms with Gasteiger partial charge in [0.2, 0.25) is 5.91 Å². The van der Waals surface area contributed by atoms with Crippen molar-refractivity contribution in [3.05, 3.63) is 24.3 Å². The van der Waals surface area contributed by atoms with Gasteiger partial charge in [-0.25, -0.2) is 0 Å². The third kappa shape index (κ3) is 2.16. The Bertz CT molecular complexity index is 394. The zero-order valence-corrected chi connectivity index (χ0v) is 10.4. The first-order chi connectivity index (χ1) is 7.72. The number of likely N-dealkylation sites (tertiary alicyclic amines) is 1. The molecule has 4 heteroatoms. The lowest BCUT2D eigenvalue weighted by atomic mass is 10.2. The predicted octanol–water partition coefficient (Wildman–Crippen LogP) is 2.05. The Hall–Kier alpha value is -1.16. The summed E-state index contributed by atoms with van der Waals surface area (Å²) < 4.78 is 0. The Labute approximate surface area is 100 Å². The highest BCUT2D eigenvalue weighted by Crippen LogP contribution is 2.26. The summed E-state index contributed by atoms with van der Waals surface area (Å²) in [6.45, 7) is 0.845. The molecule has 0 aliphatic carbocycles. The van der Waals surface area contributed by atoms with Crippen LogP contribution in [0.4, 0.5) is 5.69 Å². The third-order valence-electron chi connectivity index (χ3n) is 2.86. The highest BCUT2D eigenvalue weighted by molar-refractivity contribution is 7.98. The summed E-state index contributed by atoms with van der Waals surface area (Å²) in [5.74, 6) is 0.191. The third-order valence-corrected chi connectivity index (χ3v) is 3.66. The van der Waals surface area contributed by atoms with E-state index in [1.54, 1.807) is 16.7 Å². The van der Waals surface area contributed by atoms with Gasteiger partial charge in [-0.05, 0) is 24.8 Å². The molecule has 16 heavy (non-hydrogen) atoms. The van der Waals surface area contributed by atoms with Crippen molar-refractivity contribution in [2.24, 2.45) is 0 Å². The van der Waals surface area contributed by atoms with Crippen LogP contribution >= 0.6 is 11.8 Å². The second-order valence-electron chi connectivity index (χ2n) is 3.95. The van der Waals surface area contributed by atoms with Gasteiger partial charge in [0.1, 0.15) is 6.04 Å². The summed E-state index contributed by atoms with van der Waals surface area (Å²) in [5, 5.41) is 3.33. The molecule has 86 valence electrons. The zero-order chi connectivity index (χ0) is 11.5. The maximum Gasteiger partial charge on any atom is 0.244 e. The fourth-order valence-corrected chi connectivity index (χ4v) is 2.47. The van der Waals surface area contributed by atoms with Crippen LogP contribution in [0.1, 0.15) is 6.42 Å². The molecule has 0 bridgehead atoms. The average Bonchev–Trinajstić information content (AvgIpc) is 2.62. The Morgan fingerprint density at radius 3 is 2.81 bits per heavy atom. The van der Waals surface area contributed by atoms with Crippen molar-refractivity contribution in [2.75, 3.05) is 25.2 Å². The van der Waals surface area contributed by atoms with Crippen LogP contribution in [0.3, 0.4) is 0 Å². The molecule has 1 unspecified atom stereocenters. The van der Waals surface area contributed by atoms with Gasteiger partial charge < -0.3 is 10.2 Å². The molecule has 1 heterocycles. The van der Waals surface area contributed by atoms with E-state index in [1.165, 1.54) is 4.90 Å². The molecule has 1 saturated heterocycles. The number of nitrogens with zero attached hydrogens (tertiary/aromatic N) is 1. The fourth-order valence-electron chi connectivity index (χ4n) is 1.91. The predicted molar refractivity (Wildman–Crippen MR) is 67.9 cm³/mol. The lowest BCUT2D eigenvalue weighted by molar-refractivity contribution is -0.127. The number of hydrogen-bond donors (Lipinski definition) is 1. The van der Waals surface area contributed by atoms with Crippen molar-refractivity contribution in [2.45, 2.75) is 17.4 Å². The van der Waals surface area contributed by atoms with Crippen molar-refractivity contribution in [1.82, 2.24) is 4.90 Å². The summed E-state index contributed by atoms with van der Waals surface area (Å²) in [6.07, 6.45) is 2.93. The van der Waals surface area contributed by atoms with Gasteiger partial charge in [-0.1, -0.05) is 12.1 Å². The molecule has 1 N–H and O–H groups in total. The minimum atomic E-state index is -0.0571. The Morgan fingerprint density at radius 1 is 1.44 bits per heavy atom. The van der Waals surface area contributed by atoms with Crippen molar-refractivity contribution in [1.29, 1.82) is 0 Å². The lowest BCUT2D eigenvalue weighted by Crippen LogP contribution is -2.31. The van der Waals surface area contributed by atoms with Crippen LogP contribution in [-0.2, 0) is 4.79 Å². The van der Waals surface area contributed by atoms with E-state index >= 15 is 0 Å². The monoisotopic (exact) mass is 236 g/mol. The van der Waals surface area contributed by atoms with Gasteiger partial charge >= 0.3 is 0 Å². The number of hydrogen-bond acceptors (Lipinski definition) is 3. The first-order valence-electron chi connectivity index (χ1n) is 5.37. The number of benzene rings is 1. The molecule has 1 amide bonds. The maximum atomic E-state index is 11.8. The second kappa shape index (κ2) is 4.78. The molecule has 1 aliphatic rings. The SMILES string of the molecule is CSc1ccccc1NC1CCN(C)C1=O. The largest absolute Gasteiger partial charge is 0.373 e. The second-order valence-corrected chi connectivity index (χ2v) is 4.79. The molecule has 1 aromatic carbocycles. The quantitative estimate of drug-likeness (QED) is 0.815. The first-order valence-corrected chi connectivity index (χ1v) is 6.59. The number of para-hydroxylation sites is 1. The number of amides is 1. The van der Waals surface area contributed by atoms with E-state index in [0.717, 1.165) is 18.7 Å². The molecule has 0 aromatic heterocycles. The molecular weight excluding hydrogens is 220 g/mol. The van der Waals surface area contributed by atoms with Crippen LogP contribution < -0.4 is 5.32 Å². The summed E-state index contributed by atoms with van der Waals surface area (Å²) in [6, 6.07) is 8.04. The van der Waals surface area contributed by atoms with Gasteiger partial charge in [0.25, 0.3) is 0 Å². The van der Waals surface area contributed by atoms with Crippen molar-refractivity contribution in [3.8, 4) is 0 Å². The Balaban J connectivity index is 2.12. The maximum absolute atomic E-state index is 11.8. The molecule has 0 spiro atoms. The first kappa shape index (κ1) is 11.3. The topological polar surface area (TPSA) is 32.3 Å². The minimum absolute atomic E-state index is 0.0571. The Morgan fingerprint density at radius 2 is 2.19 bits per heavy atom. The smallest absolute Gasteiger partial charge is 0.244 e. The van der Waals surface area contributed by atoms with Crippen LogP contribution in [0.15, 0.2) is 29.2 Å². The van der Waals surface area contributed by atoms with Crippen LogP contribution in [0.2, 0.25) is 0 Å². The van der Waals surface area contributed by atoms with Gasteiger partial charge in [0.15, 0.2) is 0 Å². The number of nitrogens with one attached hydrogen (secondary N) is 1. The van der Waals surface area contributed by atoms with Crippen molar-refractivity contribution >= 4 is 23.4 Å². The zero-order valence-electron chi connectivity index (χ0n) is 9.56. The molecule has 0 saturated carbocycles. The summed E-state index contributed by atoms with van der Waals surface area (Å²) in [5.41, 5.74) is 1.06. The Kier molecular flexibility index (Phi) is 3.39. The van der Waals surface area contributed by atoms with E-state index in [9.17, 15) is 4.79 Å². The minimum Gasteiger partial charge on any atom is -0.373 e. The van der Waals surface area contributed by atoms with E-state index in [-0.39, 0.29) is 11.9 Å². The highest BCUT2D eigenvalue weighted by Gasteiger charge is 2.28. The van der Waals surface area contributed by atoms with Crippen LogP contribution in [0.25, 0.3) is 0 Å². The number of carbonyl (C=O) groups is 1. The summed E-state index contributed by atoms with van der Waals surface area (Å²) in [4.78, 5) is 14.7. The van der Waals surface area contributed by atoms with Gasteiger partial charge in [0, 0.05) is 24.2 Å². The van der Waals surface area contributed by atoms with Gasteiger partial charge in [-0.3, -0.25) is 4.79 Å². The number of thioether (sulfide) groups is 1. The van der Waals surface area contributed by atoms with Gasteiger partial charge in [-0.2, -0.15) is 0 Å². The molecule has 3 nitrogen and oxygen atoms in total. The van der Waals surface area contributed by atoms with Gasteiger partial charge in [0.05, 0.1) is 0 Å². The van der Waals surface area contributed by atoms with Crippen LogP contribution in [0, 0.1) is 0 Å². The van der Waals surface area contributed by atoms with E-state index in [2.05, 4.69) is 11.4 Å². The number of anilines is 1. The lowest BCUT2D eigenvalue weighted by Gasteiger charge is -2.15. The molecule has 0 radical (unpaired) electrons. The van der Waals surface area contributed by atoms with Crippen molar-refractivity contribution < 1.29 is 4.79 Å². The number of rotatable bonds is 3. The van der Waals surface area contributed by atoms with Crippen LogP contribution in [-0.4, -0.2) is 36.7 Å². The molecule has 2 rings (SSSR count). The molecule has 1 atom stereocenters. The van der Waals surface area contributed by atoms with E-state index in [0.29, 0.717) is 0 Å². The van der Waals surface area contributed by atoms with E-state index in [4.69, 9.17) is 0 Å². The highest BCUT2D eigenvalue weighted by atomic mass is 32.2. The molecule has 1 aliphatic heterocycles. The fraction of sp³-hybridized carbons (Fsp3) is 0.417.